The van der Waals surface area contributed by atoms with E-state index in [1.54, 1.807) is 31.6 Å². The minimum atomic E-state index is -0.407. The van der Waals surface area contributed by atoms with Crippen molar-refractivity contribution >= 4 is 33.4 Å². The Morgan fingerprint density at radius 2 is 2.12 bits per heavy atom. The molecular formula is C16H17BrN6O3. The Bertz CT molecular complexity index is 909. The van der Waals surface area contributed by atoms with Gasteiger partial charge in [0, 0.05) is 19.4 Å². The molecule has 0 aliphatic heterocycles. The van der Waals surface area contributed by atoms with E-state index in [2.05, 4.69) is 36.8 Å². The van der Waals surface area contributed by atoms with Gasteiger partial charge in [-0.1, -0.05) is 0 Å². The zero-order valence-electron chi connectivity index (χ0n) is 14.2. The number of anilines is 1. The maximum absolute atomic E-state index is 12.4. The summed E-state index contributed by atoms with van der Waals surface area (Å²) >= 11 is 3.35. The molecule has 0 bridgehead atoms. The SMILES string of the molecule is Cc1nn(CC(=O)Nc2cn(C)nc2C(=O)NCc2ccco2)cc1Br. The first-order valence-corrected chi connectivity index (χ1v) is 8.55. The average molecular weight is 421 g/mol. The smallest absolute Gasteiger partial charge is 0.274 e. The van der Waals surface area contributed by atoms with E-state index in [0.29, 0.717) is 11.4 Å². The molecule has 3 heterocycles. The lowest BCUT2D eigenvalue weighted by molar-refractivity contribution is -0.116. The minimum absolute atomic E-state index is 0.0226. The Balaban J connectivity index is 1.66. The van der Waals surface area contributed by atoms with E-state index in [1.165, 1.54) is 15.6 Å². The summed E-state index contributed by atoms with van der Waals surface area (Å²) in [6.07, 6.45) is 4.82. The summed E-state index contributed by atoms with van der Waals surface area (Å²) < 4.78 is 8.98. The first-order chi connectivity index (χ1) is 12.4. The molecule has 0 fully saturated rings. The fraction of sp³-hybridized carbons (Fsp3) is 0.250. The second-order valence-electron chi connectivity index (χ2n) is 5.64. The molecule has 2 amide bonds. The van der Waals surface area contributed by atoms with Gasteiger partial charge < -0.3 is 15.1 Å². The summed E-state index contributed by atoms with van der Waals surface area (Å²) in [7, 11) is 1.67. The number of furan rings is 1. The topological polar surface area (TPSA) is 107 Å². The molecule has 10 heteroatoms. The Morgan fingerprint density at radius 1 is 1.31 bits per heavy atom. The van der Waals surface area contributed by atoms with Gasteiger partial charge in [-0.2, -0.15) is 10.2 Å². The molecule has 0 saturated heterocycles. The Kier molecular flexibility index (Phi) is 5.21. The Morgan fingerprint density at radius 3 is 2.77 bits per heavy atom. The molecule has 136 valence electrons. The zero-order valence-corrected chi connectivity index (χ0v) is 15.8. The van der Waals surface area contributed by atoms with Crippen LogP contribution < -0.4 is 10.6 Å². The largest absolute Gasteiger partial charge is 0.467 e. The van der Waals surface area contributed by atoms with Gasteiger partial charge in [0.05, 0.1) is 28.7 Å². The fourth-order valence-electron chi connectivity index (χ4n) is 2.32. The first-order valence-electron chi connectivity index (χ1n) is 7.76. The highest BCUT2D eigenvalue weighted by atomic mass is 79.9. The van der Waals surface area contributed by atoms with Crippen molar-refractivity contribution in [1.29, 1.82) is 0 Å². The minimum Gasteiger partial charge on any atom is -0.467 e. The first kappa shape index (κ1) is 17.9. The van der Waals surface area contributed by atoms with Crippen LogP contribution in [0, 0.1) is 6.92 Å². The molecule has 0 aromatic carbocycles. The number of aromatic nitrogens is 4. The quantitative estimate of drug-likeness (QED) is 0.632. The molecule has 0 aliphatic rings. The van der Waals surface area contributed by atoms with Crippen molar-refractivity contribution in [2.45, 2.75) is 20.0 Å². The van der Waals surface area contributed by atoms with Crippen molar-refractivity contribution in [1.82, 2.24) is 24.9 Å². The summed E-state index contributed by atoms with van der Waals surface area (Å²) in [4.78, 5) is 24.6. The Labute approximate surface area is 157 Å². The number of halogens is 1. The Hall–Kier alpha value is -2.88. The van der Waals surface area contributed by atoms with Crippen LogP contribution >= 0.6 is 15.9 Å². The number of carbonyl (C=O) groups is 2. The second-order valence-corrected chi connectivity index (χ2v) is 6.49. The van der Waals surface area contributed by atoms with Crippen molar-refractivity contribution < 1.29 is 14.0 Å². The molecule has 0 saturated carbocycles. The van der Waals surface area contributed by atoms with E-state index < -0.39 is 5.91 Å². The molecule has 9 nitrogen and oxygen atoms in total. The predicted molar refractivity (Wildman–Crippen MR) is 96.4 cm³/mol. The number of nitrogens with zero attached hydrogens (tertiary/aromatic N) is 4. The molecule has 3 aromatic rings. The van der Waals surface area contributed by atoms with E-state index in [0.717, 1.165) is 10.2 Å². The lowest BCUT2D eigenvalue weighted by atomic mass is 10.3. The number of aryl methyl sites for hydroxylation is 2. The van der Waals surface area contributed by atoms with E-state index >= 15 is 0 Å². The summed E-state index contributed by atoms with van der Waals surface area (Å²) in [6, 6.07) is 3.49. The van der Waals surface area contributed by atoms with Crippen molar-refractivity contribution in [3.8, 4) is 0 Å². The molecule has 26 heavy (non-hydrogen) atoms. The summed E-state index contributed by atoms with van der Waals surface area (Å²) in [5, 5.41) is 13.7. The normalized spacial score (nSPS) is 10.7. The van der Waals surface area contributed by atoms with Crippen molar-refractivity contribution in [3.05, 3.63) is 52.4 Å². The maximum Gasteiger partial charge on any atom is 0.274 e. The second kappa shape index (κ2) is 7.56. The van der Waals surface area contributed by atoms with Crippen LogP contribution in [0.25, 0.3) is 0 Å². The number of rotatable bonds is 6. The van der Waals surface area contributed by atoms with Gasteiger partial charge in [-0.25, -0.2) is 0 Å². The third-order valence-corrected chi connectivity index (χ3v) is 4.29. The third kappa shape index (κ3) is 4.20. The van der Waals surface area contributed by atoms with Gasteiger partial charge in [0.15, 0.2) is 5.69 Å². The van der Waals surface area contributed by atoms with Crippen LogP contribution in [0.4, 0.5) is 5.69 Å². The monoisotopic (exact) mass is 420 g/mol. The van der Waals surface area contributed by atoms with Gasteiger partial charge in [0.1, 0.15) is 12.3 Å². The van der Waals surface area contributed by atoms with Crippen LogP contribution in [-0.2, 0) is 24.9 Å². The van der Waals surface area contributed by atoms with Gasteiger partial charge >= 0.3 is 0 Å². The maximum atomic E-state index is 12.4. The van der Waals surface area contributed by atoms with Crippen LogP contribution in [0.5, 0.6) is 0 Å². The molecule has 0 spiro atoms. The fourth-order valence-corrected chi connectivity index (χ4v) is 2.64. The summed E-state index contributed by atoms with van der Waals surface area (Å²) in [5.74, 6) is -0.0949. The molecule has 3 rings (SSSR count). The standard InChI is InChI=1S/C16H17BrN6O3/c1-10-12(17)7-23(20-10)9-14(24)19-13-8-22(2)21-15(13)16(25)18-6-11-4-3-5-26-11/h3-5,7-8H,6,9H2,1-2H3,(H,18,25)(H,19,24). The molecule has 3 aromatic heterocycles. The average Bonchev–Trinajstić information content (AvgIpc) is 3.28. The van der Waals surface area contributed by atoms with Gasteiger partial charge in [-0.15, -0.1) is 0 Å². The molecular weight excluding hydrogens is 404 g/mol. The summed E-state index contributed by atoms with van der Waals surface area (Å²) in [6.45, 7) is 2.09. The van der Waals surface area contributed by atoms with Crippen molar-refractivity contribution in [2.75, 3.05) is 5.32 Å². The predicted octanol–water partition coefficient (Wildman–Crippen LogP) is 1.85. The van der Waals surface area contributed by atoms with E-state index in [9.17, 15) is 9.59 Å². The van der Waals surface area contributed by atoms with E-state index in [-0.39, 0.29) is 24.7 Å². The van der Waals surface area contributed by atoms with Crippen molar-refractivity contribution in [2.24, 2.45) is 7.05 Å². The highest BCUT2D eigenvalue weighted by Gasteiger charge is 2.18. The van der Waals surface area contributed by atoms with Crippen molar-refractivity contribution in [3.63, 3.8) is 0 Å². The molecule has 0 atom stereocenters. The highest BCUT2D eigenvalue weighted by molar-refractivity contribution is 9.10. The van der Waals surface area contributed by atoms with Crippen LogP contribution in [0.1, 0.15) is 21.9 Å². The number of nitrogens with one attached hydrogen (secondary N) is 2. The van der Waals surface area contributed by atoms with E-state index in [4.69, 9.17) is 4.42 Å². The number of hydrogen-bond donors (Lipinski definition) is 2. The van der Waals surface area contributed by atoms with Crippen LogP contribution in [-0.4, -0.2) is 31.4 Å². The number of amides is 2. The van der Waals surface area contributed by atoms with Gasteiger partial charge in [-0.3, -0.25) is 19.0 Å². The summed E-state index contributed by atoms with van der Waals surface area (Å²) in [5.41, 5.74) is 1.25. The number of carbonyl (C=O) groups excluding carboxylic acids is 2. The van der Waals surface area contributed by atoms with Crippen LogP contribution in [0.3, 0.4) is 0 Å². The van der Waals surface area contributed by atoms with Gasteiger partial charge in [0.25, 0.3) is 5.91 Å². The van der Waals surface area contributed by atoms with Crippen LogP contribution in [0.15, 0.2) is 39.7 Å². The number of hydrogen-bond acceptors (Lipinski definition) is 5. The van der Waals surface area contributed by atoms with Gasteiger partial charge in [-0.05, 0) is 35.0 Å². The third-order valence-electron chi connectivity index (χ3n) is 3.51. The highest BCUT2D eigenvalue weighted by Crippen LogP contribution is 2.15. The lowest BCUT2D eigenvalue weighted by Gasteiger charge is -2.06. The molecule has 0 radical (unpaired) electrons. The van der Waals surface area contributed by atoms with E-state index in [1.807, 2.05) is 6.92 Å². The lowest BCUT2D eigenvalue weighted by Crippen LogP contribution is -2.25. The van der Waals surface area contributed by atoms with Gasteiger partial charge in [0.2, 0.25) is 5.91 Å². The molecule has 0 aliphatic carbocycles. The van der Waals surface area contributed by atoms with Crippen LogP contribution in [0.2, 0.25) is 0 Å². The zero-order chi connectivity index (χ0) is 18.7. The molecule has 0 unspecified atom stereocenters. The molecule has 2 N–H and O–H groups in total.